The standard InChI is InChI=1S/C23H31N3O4/c27-21(26-8-5-18-3-1-2-4-20(18)26)17-24-9-6-23(7-10-24)15-19(30-22(23)28)16-25-11-13-29-14-12-25/h1-4,19H,5-17H2. The molecular formula is C23H31N3O4. The molecule has 1 unspecified atom stereocenters. The summed E-state index contributed by atoms with van der Waals surface area (Å²) in [4.78, 5) is 32.1. The number of anilines is 1. The number of esters is 1. The van der Waals surface area contributed by atoms with E-state index in [4.69, 9.17) is 9.47 Å². The molecule has 4 aliphatic rings. The SMILES string of the molecule is O=C(CN1CCC2(CC1)CC(CN1CCOCC1)OC2=O)N1CCc2ccccc21. The Bertz CT molecular complexity index is 799. The average molecular weight is 414 g/mol. The lowest BCUT2D eigenvalue weighted by Crippen LogP contribution is -2.47. The van der Waals surface area contributed by atoms with Crippen LogP contribution in [0.25, 0.3) is 0 Å². The number of amides is 1. The van der Waals surface area contributed by atoms with Crippen molar-refractivity contribution in [3.63, 3.8) is 0 Å². The van der Waals surface area contributed by atoms with Gasteiger partial charge in [-0.1, -0.05) is 18.2 Å². The molecule has 0 N–H and O–H groups in total. The molecule has 0 aromatic heterocycles. The minimum absolute atomic E-state index is 0.00937. The van der Waals surface area contributed by atoms with Crippen LogP contribution in [0.3, 0.4) is 0 Å². The van der Waals surface area contributed by atoms with Gasteiger partial charge in [0.25, 0.3) is 0 Å². The van der Waals surface area contributed by atoms with Crippen LogP contribution in [0, 0.1) is 5.41 Å². The van der Waals surface area contributed by atoms with E-state index in [0.29, 0.717) is 6.54 Å². The fourth-order valence-corrected chi connectivity index (χ4v) is 5.43. The van der Waals surface area contributed by atoms with Crippen LogP contribution in [0.4, 0.5) is 5.69 Å². The summed E-state index contributed by atoms with van der Waals surface area (Å²) in [6.45, 7) is 6.91. The first kappa shape index (κ1) is 20.0. The zero-order chi connectivity index (χ0) is 20.6. The summed E-state index contributed by atoms with van der Waals surface area (Å²) in [6.07, 6.45) is 3.31. The van der Waals surface area contributed by atoms with Gasteiger partial charge in [-0.2, -0.15) is 0 Å². The second kappa shape index (κ2) is 8.29. The zero-order valence-electron chi connectivity index (χ0n) is 17.6. The number of piperidine rings is 1. The van der Waals surface area contributed by atoms with Crippen molar-refractivity contribution in [2.24, 2.45) is 5.41 Å². The largest absolute Gasteiger partial charge is 0.461 e. The molecule has 1 atom stereocenters. The third kappa shape index (κ3) is 3.86. The zero-order valence-corrected chi connectivity index (χ0v) is 17.6. The summed E-state index contributed by atoms with van der Waals surface area (Å²) in [5.74, 6) is 0.135. The van der Waals surface area contributed by atoms with Gasteiger partial charge in [-0.25, -0.2) is 0 Å². The van der Waals surface area contributed by atoms with E-state index in [9.17, 15) is 9.59 Å². The number of fused-ring (bicyclic) bond motifs is 1. The number of ether oxygens (including phenoxy) is 2. The molecule has 3 fully saturated rings. The van der Waals surface area contributed by atoms with Gasteiger partial charge in [0.1, 0.15) is 6.10 Å². The van der Waals surface area contributed by atoms with E-state index >= 15 is 0 Å². The van der Waals surface area contributed by atoms with Crippen molar-refractivity contribution in [2.75, 3.05) is 63.9 Å². The van der Waals surface area contributed by atoms with Gasteiger partial charge in [0.15, 0.2) is 0 Å². The normalized spacial score (nSPS) is 26.7. The van der Waals surface area contributed by atoms with Crippen LogP contribution in [0.1, 0.15) is 24.8 Å². The van der Waals surface area contributed by atoms with E-state index in [2.05, 4.69) is 15.9 Å². The molecule has 7 nitrogen and oxygen atoms in total. The smallest absolute Gasteiger partial charge is 0.312 e. The molecule has 1 aromatic carbocycles. The minimum Gasteiger partial charge on any atom is -0.461 e. The van der Waals surface area contributed by atoms with Gasteiger partial charge in [0, 0.05) is 38.3 Å². The van der Waals surface area contributed by atoms with Crippen molar-refractivity contribution >= 4 is 17.6 Å². The van der Waals surface area contributed by atoms with Gasteiger partial charge in [0.05, 0.1) is 25.2 Å². The van der Waals surface area contributed by atoms with Crippen molar-refractivity contribution in [3.05, 3.63) is 29.8 Å². The Balaban J connectivity index is 1.14. The number of morpholine rings is 1. The predicted octanol–water partition coefficient (Wildman–Crippen LogP) is 1.31. The van der Waals surface area contributed by atoms with E-state index < -0.39 is 0 Å². The summed E-state index contributed by atoms with van der Waals surface area (Å²) in [6, 6.07) is 8.17. The molecule has 0 bridgehead atoms. The first-order valence-electron chi connectivity index (χ1n) is 11.2. The number of hydrogen-bond donors (Lipinski definition) is 0. The van der Waals surface area contributed by atoms with E-state index in [1.54, 1.807) is 0 Å². The van der Waals surface area contributed by atoms with Crippen molar-refractivity contribution in [1.29, 1.82) is 0 Å². The summed E-state index contributed by atoms with van der Waals surface area (Å²) in [5, 5.41) is 0. The summed E-state index contributed by atoms with van der Waals surface area (Å²) < 4.78 is 11.2. The first-order valence-corrected chi connectivity index (χ1v) is 11.2. The molecule has 1 aromatic rings. The second-order valence-corrected chi connectivity index (χ2v) is 9.12. The molecule has 7 heteroatoms. The van der Waals surface area contributed by atoms with Gasteiger partial charge < -0.3 is 14.4 Å². The number of likely N-dealkylation sites (tertiary alicyclic amines) is 1. The van der Waals surface area contributed by atoms with Crippen LogP contribution in [0.2, 0.25) is 0 Å². The van der Waals surface area contributed by atoms with E-state index in [-0.39, 0.29) is 23.4 Å². The predicted molar refractivity (Wildman–Crippen MR) is 112 cm³/mol. The average Bonchev–Trinajstić information content (AvgIpc) is 3.32. The number of rotatable bonds is 4. The van der Waals surface area contributed by atoms with Gasteiger partial charge in [-0.3, -0.25) is 19.4 Å². The Hall–Kier alpha value is -1.96. The number of cyclic esters (lactones) is 1. The fourth-order valence-electron chi connectivity index (χ4n) is 5.43. The molecule has 1 spiro atoms. The maximum Gasteiger partial charge on any atom is 0.312 e. The molecule has 3 saturated heterocycles. The number of carbonyl (C=O) groups excluding carboxylic acids is 2. The Morgan fingerprint density at radius 1 is 1.03 bits per heavy atom. The Labute approximate surface area is 177 Å². The number of para-hydroxylation sites is 1. The Kier molecular flexibility index (Phi) is 5.52. The van der Waals surface area contributed by atoms with Crippen LogP contribution in [-0.4, -0.2) is 86.8 Å². The van der Waals surface area contributed by atoms with E-state index in [1.165, 1.54) is 5.56 Å². The molecule has 4 heterocycles. The van der Waals surface area contributed by atoms with Crippen molar-refractivity contribution in [3.8, 4) is 0 Å². The number of hydrogen-bond acceptors (Lipinski definition) is 6. The highest BCUT2D eigenvalue weighted by Crippen LogP contribution is 2.43. The maximum atomic E-state index is 12.9. The number of carbonyl (C=O) groups is 2. The van der Waals surface area contributed by atoms with Crippen LogP contribution in [-0.2, 0) is 25.5 Å². The molecule has 0 saturated carbocycles. The van der Waals surface area contributed by atoms with Crippen LogP contribution in [0.15, 0.2) is 24.3 Å². The third-order valence-electron chi connectivity index (χ3n) is 7.25. The van der Waals surface area contributed by atoms with Gasteiger partial charge >= 0.3 is 5.97 Å². The minimum atomic E-state index is -0.350. The van der Waals surface area contributed by atoms with Crippen LogP contribution in [0.5, 0.6) is 0 Å². The molecule has 0 aliphatic carbocycles. The summed E-state index contributed by atoms with van der Waals surface area (Å²) in [5.41, 5.74) is 1.96. The van der Waals surface area contributed by atoms with Gasteiger partial charge in [-0.05, 0) is 44.0 Å². The molecule has 0 radical (unpaired) electrons. The highest BCUT2D eigenvalue weighted by atomic mass is 16.6. The third-order valence-corrected chi connectivity index (χ3v) is 7.25. The maximum absolute atomic E-state index is 12.9. The molecule has 162 valence electrons. The Morgan fingerprint density at radius 3 is 2.60 bits per heavy atom. The highest BCUT2D eigenvalue weighted by molar-refractivity contribution is 5.96. The molecule has 30 heavy (non-hydrogen) atoms. The fraction of sp³-hybridized carbons (Fsp3) is 0.652. The lowest BCUT2D eigenvalue weighted by molar-refractivity contribution is -0.151. The first-order chi connectivity index (χ1) is 14.6. The monoisotopic (exact) mass is 413 g/mol. The highest BCUT2D eigenvalue weighted by Gasteiger charge is 2.50. The lowest BCUT2D eigenvalue weighted by Gasteiger charge is -2.37. The van der Waals surface area contributed by atoms with Gasteiger partial charge in [-0.15, -0.1) is 0 Å². The summed E-state index contributed by atoms with van der Waals surface area (Å²) in [7, 11) is 0. The van der Waals surface area contributed by atoms with Crippen molar-refractivity contribution < 1.29 is 19.1 Å². The summed E-state index contributed by atoms with van der Waals surface area (Å²) >= 11 is 0. The quantitative estimate of drug-likeness (QED) is 0.694. The van der Waals surface area contributed by atoms with Gasteiger partial charge in [0.2, 0.25) is 5.91 Å². The lowest BCUT2D eigenvalue weighted by atomic mass is 9.76. The second-order valence-electron chi connectivity index (χ2n) is 9.12. The Morgan fingerprint density at radius 2 is 1.80 bits per heavy atom. The number of benzene rings is 1. The molecule has 1 amide bonds. The van der Waals surface area contributed by atoms with Crippen molar-refractivity contribution in [2.45, 2.75) is 31.8 Å². The van der Waals surface area contributed by atoms with Crippen molar-refractivity contribution in [1.82, 2.24) is 9.80 Å². The van der Waals surface area contributed by atoms with Crippen LogP contribution >= 0.6 is 0 Å². The molecule has 4 aliphatic heterocycles. The topological polar surface area (TPSA) is 62.3 Å². The van der Waals surface area contributed by atoms with E-state index in [0.717, 1.165) is 83.9 Å². The number of nitrogens with zero attached hydrogens (tertiary/aromatic N) is 3. The molecular weight excluding hydrogens is 382 g/mol. The van der Waals surface area contributed by atoms with E-state index in [1.807, 2.05) is 23.1 Å². The van der Waals surface area contributed by atoms with Crippen LogP contribution < -0.4 is 4.90 Å². The molecule has 5 rings (SSSR count).